The molecule has 0 atom stereocenters. The Bertz CT molecular complexity index is 999. The molecule has 0 bridgehead atoms. The number of carbonyl (C=O) groups excluding carboxylic acids is 2. The monoisotopic (exact) mass is 383 g/mol. The molecule has 0 aliphatic carbocycles. The Labute approximate surface area is 161 Å². The van der Waals surface area contributed by atoms with E-state index < -0.39 is 11.8 Å². The van der Waals surface area contributed by atoms with E-state index in [0.717, 1.165) is 11.3 Å². The van der Waals surface area contributed by atoms with Crippen LogP contribution in [0.5, 0.6) is 5.75 Å². The van der Waals surface area contributed by atoms with Crippen LogP contribution in [0.25, 0.3) is 0 Å². The fraction of sp³-hybridized carbons (Fsp3) is 0.250. The Kier molecular flexibility index (Phi) is 5.49. The first-order chi connectivity index (χ1) is 13.3. The average molecular weight is 383 g/mol. The van der Waals surface area contributed by atoms with Crippen molar-refractivity contribution in [3.63, 3.8) is 0 Å². The molecule has 8 heteroatoms. The number of ether oxygens (including phenoxy) is 1. The highest BCUT2D eigenvalue weighted by Gasteiger charge is 2.15. The van der Waals surface area contributed by atoms with Crippen LogP contribution in [0.2, 0.25) is 0 Å². The number of aryl methyl sites for hydroxylation is 4. The van der Waals surface area contributed by atoms with Crippen LogP contribution in [0.3, 0.4) is 0 Å². The molecule has 3 rings (SSSR count). The minimum atomic E-state index is -0.464. The predicted molar refractivity (Wildman–Crippen MR) is 99.9 cm³/mol. The van der Waals surface area contributed by atoms with Gasteiger partial charge in [0.25, 0.3) is 11.8 Å². The van der Waals surface area contributed by atoms with E-state index in [9.17, 15) is 9.59 Å². The summed E-state index contributed by atoms with van der Waals surface area (Å²) in [5.41, 5.74) is 7.11. The highest BCUT2D eigenvalue weighted by molar-refractivity contribution is 5.99. The highest BCUT2D eigenvalue weighted by atomic mass is 16.5. The number of nitrogens with zero attached hydrogens (tertiary/aromatic N) is 1. The summed E-state index contributed by atoms with van der Waals surface area (Å²) in [6, 6.07) is 8.26. The number of hydrogen-bond acceptors (Lipinski definition) is 6. The minimum absolute atomic E-state index is 0.280. The van der Waals surface area contributed by atoms with E-state index in [0.29, 0.717) is 34.2 Å². The molecule has 0 aliphatic heterocycles. The number of aromatic nitrogens is 1. The molecule has 146 valence electrons. The van der Waals surface area contributed by atoms with E-state index in [4.69, 9.17) is 13.7 Å². The second kappa shape index (κ2) is 7.99. The van der Waals surface area contributed by atoms with E-state index in [-0.39, 0.29) is 6.61 Å². The number of hydrogen-bond donors (Lipinski definition) is 2. The minimum Gasteiger partial charge on any atom is -0.489 e. The van der Waals surface area contributed by atoms with Crippen LogP contribution in [0.4, 0.5) is 0 Å². The van der Waals surface area contributed by atoms with Crippen LogP contribution < -0.4 is 15.6 Å². The lowest BCUT2D eigenvalue weighted by Crippen LogP contribution is -2.41. The molecule has 0 saturated carbocycles. The second-order valence-electron chi connectivity index (χ2n) is 6.35. The maximum Gasteiger partial charge on any atom is 0.273 e. The van der Waals surface area contributed by atoms with E-state index in [1.54, 1.807) is 44.2 Å². The predicted octanol–water partition coefficient (Wildman–Crippen LogP) is 3.16. The number of carbonyl (C=O) groups is 2. The van der Waals surface area contributed by atoms with Gasteiger partial charge in [0.1, 0.15) is 29.6 Å². The smallest absolute Gasteiger partial charge is 0.273 e. The van der Waals surface area contributed by atoms with Gasteiger partial charge in [-0.3, -0.25) is 20.4 Å². The summed E-state index contributed by atoms with van der Waals surface area (Å²) in [6.07, 6.45) is 0. The van der Waals surface area contributed by atoms with E-state index >= 15 is 0 Å². The molecule has 0 spiro atoms. The van der Waals surface area contributed by atoms with E-state index in [1.165, 1.54) is 0 Å². The third kappa shape index (κ3) is 4.22. The molecule has 2 amide bonds. The largest absolute Gasteiger partial charge is 0.489 e. The zero-order valence-electron chi connectivity index (χ0n) is 16.1. The van der Waals surface area contributed by atoms with E-state index in [2.05, 4.69) is 16.0 Å². The van der Waals surface area contributed by atoms with Crippen molar-refractivity contribution in [1.82, 2.24) is 16.0 Å². The van der Waals surface area contributed by atoms with Crippen LogP contribution in [0.15, 0.2) is 39.3 Å². The van der Waals surface area contributed by atoms with Gasteiger partial charge in [-0.1, -0.05) is 11.2 Å². The van der Waals surface area contributed by atoms with Gasteiger partial charge in [0.2, 0.25) is 0 Å². The highest BCUT2D eigenvalue weighted by Crippen LogP contribution is 2.18. The van der Waals surface area contributed by atoms with Gasteiger partial charge in [-0.25, -0.2) is 0 Å². The molecular formula is C20H21N3O5. The Morgan fingerprint density at radius 1 is 1.04 bits per heavy atom. The van der Waals surface area contributed by atoms with Gasteiger partial charge < -0.3 is 13.7 Å². The Morgan fingerprint density at radius 2 is 1.79 bits per heavy atom. The number of hydrazine groups is 1. The number of furan rings is 1. The molecule has 0 aliphatic rings. The molecule has 0 unspecified atom stereocenters. The Morgan fingerprint density at radius 3 is 2.43 bits per heavy atom. The number of benzene rings is 1. The molecular weight excluding hydrogens is 362 g/mol. The molecule has 3 aromatic rings. The molecule has 2 aromatic heterocycles. The van der Waals surface area contributed by atoms with Gasteiger partial charge in [-0.05, 0) is 52.0 Å². The van der Waals surface area contributed by atoms with Crippen molar-refractivity contribution in [2.24, 2.45) is 0 Å². The van der Waals surface area contributed by atoms with Crippen molar-refractivity contribution >= 4 is 11.8 Å². The van der Waals surface area contributed by atoms with Gasteiger partial charge in [0, 0.05) is 5.56 Å². The zero-order chi connectivity index (χ0) is 20.3. The first-order valence-corrected chi connectivity index (χ1v) is 8.67. The average Bonchev–Trinajstić information content (AvgIpc) is 3.18. The molecule has 2 heterocycles. The van der Waals surface area contributed by atoms with Gasteiger partial charge in [0.05, 0.1) is 16.8 Å². The SMILES string of the molecule is Cc1cc(C(=O)NNC(=O)c2cccc(OCc3c(C)noc3C)c2)c(C)o1. The van der Waals surface area contributed by atoms with Crippen molar-refractivity contribution in [3.05, 3.63) is 70.0 Å². The van der Waals surface area contributed by atoms with Crippen LogP contribution in [-0.2, 0) is 6.61 Å². The quantitative estimate of drug-likeness (QED) is 0.656. The lowest BCUT2D eigenvalue weighted by molar-refractivity contribution is 0.0845. The fourth-order valence-corrected chi connectivity index (χ4v) is 2.70. The van der Waals surface area contributed by atoms with Crippen LogP contribution in [0, 0.1) is 27.7 Å². The molecule has 8 nitrogen and oxygen atoms in total. The maximum absolute atomic E-state index is 12.3. The van der Waals surface area contributed by atoms with Gasteiger partial charge in [0.15, 0.2) is 0 Å². The molecule has 0 saturated heterocycles. The zero-order valence-corrected chi connectivity index (χ0v) is 16.1. The van der Waals surface area contributed by atoms with Gasteiger partial charge in [-0.2, -0.15) is 0 Å². The van der Waals surface area contributed by atoms with Crippen molar-refractivity contribution in [2.75, 3.05) is 0 Å². The molecule has 2 N–H and O–H groups in total. The lowest BCUT2D eigenvalue weighted by Gasteiger charge is -2.09. The van der Waals surface area contributed by atoms with Crippen molar-refractivity contribution in [1.29, 1.82) is 0 Å². The number of rotatable bonds is 5. The summed E-state index contributed by atoms with van der Waals surface area (Å²) in [5, 5.41) is 3.88. The second-order valence-corrected chi connectivity index (χ2v) is 6.35. The summed E-state index contributed by atoms with van der Waals surface area (Å²) in [4.78, 5) is 24.5. The normalized spacial score (nSPS) is 10.6. The molecule has 0 fully saturated rings. The third-order valence-corrected chi connectivity index (χ3v) is 4.24. The molecule has 0 radical (unpaired) electrons. The molecule has 28 heavy (non-hydrogen) atoms. The first kappa shape index (κ1) is 19.2. The first-order valence-electron chi connectivity index (χ1n) is 8.67. The lowest BCUT2D eigenvalue weighted by atomic mass is 10.2. The van der Waals surface area contributed by atoms with Crippen LogP contribution >= 0.6 is 0 Å². The third-order valence-electron chi connectivity index (χ3n) is 4.24. The van der Waals surface area contributed by atoms with Crippen molar-refractivity contribution in [2.45, 2.75) is 34.3 Å². The van der Waals surface area contributed by atoms with Gasteiger partial charge >= 0.3 is 0 Å². The van der Waals surface area contributed by atoms with Gasteiger partial charge in [-0.15, -0.1) is 0 Å². The summed E-state index contributed by atoms with van der Waals surface area (Å²) < 4.78 is 16.2. The van der Waals surface area contributed by atoms with Crippen LogP contribution in [-0.4, -0.2) is 17.0 Å². The van der Waals surface area contributed by atoms with E-state index in [1.807, 2.05) is 13.8 Å². The standard InChI is InChI=1S/C20H21N3O5/c1-11-8-17(13(3)27-11)20(25)22-21-19(24)15-6-5-7-16(9-15)26-10-18-12(2)23-28-14(18)4/h5-9H,10H2,1-4H3,(H,21,24)(H,22,25). The Hall–Kier alpha value is -3.55. The van der Waals surface area contributed by atoms with Crippen molar-refractivity contribution < 1.29 is 23.3 Å². The number of nitrogens with one attached hydrogen (secondary N) is 2. The van der Waals surface area contributed by atoms with Crippen molar-refractivity contribution in [3.8, 4) is 5.75 Å². The number of amides is 2. The summed E-state index contributed by atoms with van der Waals surface area (Å²) >= 11 is 0. The molecule has 1 aromatic carbocycles. The topological polar surface area (TPSA) is 107 Å². The Balaban J connectivity index is 1.60. The summed E-state index contributed by atoms with van der Waals surface area (Å²) in [5.74, 6) is 1.40. The fourth-order valence-electron chi connectivity index (χ4n) is 2.70. The summed E-state index contributed by atoms with van der Waals surface area (Å²) in [7, 11) is 0. The summed E-state index contributed by atoms with van der Waals surface area (Å²) in [6.45, 7) is 7.36. The van der Waals surface area contributed by atoms with Crippen LogP contribution in [0.1, 0.15) is 49.3 Å². The maximum atomic E-state index is 12.3.